The molecule has 0 saturated carbocycles. The van der Waals surface area contributed by atoms with Gasteiger partial charge in [-0.3, -0.25) is 24.3 Å². The summed E-state index contributed by atoms with van der Waals surface area (Å²) < 4.78 is 10.8. The van der Waals surface area contributed by atoms with Crippen molar-refractivity contribution in [2.45, 2.75) is 6.92 Å². The van der Waals surface area contributed by atoms with Gasteiger partial charge in [-0.2, -0.15) is 0 Å². The van der Waals surface area contributed by atoms with E-state index in [2.05, 4.69) is 10.3 Å². The van der Waals surface area contributed by atoms with Crippen molar-refractivity contribution in [3.8, 4) is 11.5 Å². The van der Waals surface area contributed by atoms with E-state index in [4.69, 9.17) is 9.47 Å². The molecule has 0 aliphatic carbocycles. The maximum absolute atomic E-state index is 12.6. The van der Waals surface area contributed by atoms with Crippen molar-refractivity contribution in [3.05, 3.63) is 58.8 Å². The first-order valence-electron chi connectivity index (χ1n) is 9.28. The van der Waals surface area contributed by atoms with Gasteiger partial charge in [-0.25, -0.2) is 0 Å². The molecule has 9 heteroatoms. The summed E-state index contributed by atoms with van der Waals surface area (Å²) in [5.74, 6) is 0.469. The lowest BCUT2D eigenvalue weighted by molar-refractivity contribution is -0.122. The molecule has 1 aliphatic rings. The highest BCUT2D eigenvalue weighted by molar-refractivity contribution is 8.18. The van der Waals surface area contributed by atoms with Crippen molar-refractivity contribution in [3.63, 3.8) is 0 Å². The molecule has 1 aromatic carbocycles. The van der Waals surface area contributed by atoms with Gasteiger partial charge in [-0.1, -0.05) is 6.07 Å². The lowest BCUT2D eigenvalue weighted by Crippen LogP contribution is -2.37. The Morgan fingerprint density at radius 3 is 2.67 bits per heavy atom. The fourth-order valence-corrected chi connectivity index (χ4v) is 3.64. The van der Waals surface area contributed by atoms with Gasteiger partial charge in [0.25, 0.3) is 17.1 Å². The largest absolute Gasteiger partial charge is 0.493 e. The van der Waals surface area contributed by atoms with Gasteiger partial charge in [-0.15, -0.1) is 0 Å². The molecule has 1 saturated heterocycles. The van der Waals surface area contributed by atoms with E-state index in [1.165, 1.54) is 19.5 Å². The van der Waals surface area contributed by atoms with Crippen molar-refractivity contribution >= 4 is 34.9 Å². The second kappa shape index (κ2) is 9.93. The Bertz CT molecular complexity index is 978. The Labute approximate surface area is 178 Å². The number of nitrogens with zero attached hydrogens (tertiary/aromatic N) is 2. The third-order valence-corrected chi connectivity index (χ3v) is 5.13. The Morgan fingerprint density at radius 2 is 1.97 bits per heavy atom. The quantitative estimate of drug-likeness (QED) is 0.647. The molecule has 8 nitrogen and oxygen atoms in total. The SMILES string of the molecule is CCOc1ccc(/C=C2\SC(=O)N(CCNC(=O)c3ccncc3)C2=O)cc1OC. The number of methoxy groups -OCH3 is 1. The number of imide groups is 1. The minimum absolute atomic E-state index is 0.0887. The van der Waals surface area contributed by atoms with Gasteiger partial charge in [-0.05, 0) is 54.6 Å². The van der Waals surface area contributed by atoms with Crippen molar-refractivity contribution in [2.24, 2.45) is 0 Å². The van der Waals surface area contributed by atoms with E-state index in [1.54, 1.807) is 36.4 Å². The average Bonchev–Trinajstić information content (AvgIpc) is 3.02. The van der Waals surface area contributed by atoms with Crippen LogP contribution >= 0.6 is 11.8 Å². The first-order chi connectivity index (χ1) is 14.5. The molecule has 1 aromatic heterocycles. The Morgan fingerprint density at radius 1 is 1.20 bits per heavy atom. The fourth-order valence-electron chi connectivity index (χ4n) is 2.78. The van der Waals surface area contributed by atoms with E-state index < -0.39 is 5.91 Å². The highest BCUT2D eigenvalue weighted by atomic mass is 32.2. The molecule has 1 fully saturated rings. The molecule has 0 unspecified atom stereocenters. The zero-order chi connectivity index (χ0) is 21.5. The average molecular weight is 427 g/mol. The molecule has 2 aromatic rings. The molecular formula is C21H21N3O5S. The van der Waals surface area contributed by atoms with Crippen molar-refractivity contribution in [1.29, 1.82) is 0 Å². The van der Waals surface area contributed by atoms with Crippen LogP contribution in [-0.4, -0.2) is 53.7 Å². The molecule has 0 atom stereocenters. The van der Waals surface area contributed by atoms with Crippen molar-refractivity contribution in [1.82, 2.24) is 15.2 Å². The number of hydrogen-bond donors (Lipinski definition) is 1. The van der Waals surface area contributed by atoms with E-state index in [0.29, 0.717) is 34.1 Å². The van der Waals surface area contributed by atoms with Crippen LogP contribution in [0.3, 0.4) is 0 Å². The van der Waals surface area contributed by atoms with Crippen LogP contribution in [-0.2, 0) is 4.79 Å². The number of rotatable bonds is 8. The van der Waals surface area contributed by atoms with E-state index in [-0.39, 0.29) is 24.2 Å². The number of aromatic nitrogens is 1. The molecule has 0 bridgehead atoms. The van der Waals surface area contributed by atoms with Gasteiger partial charge in [0.15, 0.2) is 11.5 Å². The first-order valence-corrected chi connectivity index (χ1v) is 10.1. The third kappa shape index (κ3) is 4.98. The number of nitrogens with one attached hydrogen (secondary N) is 1. The van der Waals surface area contributed by atoms with Gasteiger partial charge < -0.3 is 14.8 Å². The van der Waals surface area contributed by atoms with Crippen LogP contribution in [0.5, 0.6) is 11.5 Å². The molecule has 0 radical (unpaired) electrons. The number of pyridine rings is 1. The summed E-state index contributed by atoms with van der Waals surface area (Å²) in [5.41, 5.74) is 1.18. The maximum atomic E-state index is 12.6. The monoisotopic (exact) mass is 427 g/mol. The summed E-state index contributed by atoms with van der Waals surface area (Å²) in [4.78, 5) is 42.2. The van der Waals surface area contributed by atoms with Gasteiger partial charge in [0.1, 0.15) is 0 Å². The van der Waals surface area contributed by atoms with Gasteiger partial charge in [0, 0.05) is 31.0 Å². The van der Waals surface area contributed by atoms with Crippen molar-refractivity contribution < 1.29 is 23.9 Å². The predicted octanol–water partition coefficient (Wildman–Crippen LogP) is 2.96. The highest BCUT2D eigenvalue weighted by Gasteiger charge is 2.34. The van der Waals surface area contributed by atoms with Crippen LogP contribution in [0.15, 0.2) is 47.6 Å². The predicted molar refractivity (Wildman–Crippen MR) is 113 cm³/mol. The highest BCUT2D eigenvalue weighted by Crippen LogP contribution is 2.34. The number of thioether (sulfide) groups is 1. The molecule has 3 amide bonds. The topological polar surface area (TPSA) is 97.8 Å². The molecular weight excluding hydrogens is 406 g/mol. The summed E-state index contributed by atoms with van der Waals surface area (Å²) >= 11 is 0.865. The minimum atomic E-state index is -0.393. The standard InChI is InChI=1S/C21H21N3O5S/c1-3-29-16-5-4-14(12-17(16)28-2)13-18-20(26)24(21(27)30-18)11-10-23-19(25)15-6-8-22-9-7-15/h4-9,12-13H,3,10-11H2,1-2H3,(H,23,25)/b18-13-. The molecule has 156 valence electrons. The van der Waals surface area contributed by atoms with Gasteiger partial charge in [0.2, 0.25) is 0 Å². The maximum Gasteiger partial charge on any atom is 0.293 e. The minimum Gasteiger partial charge on any atom is -0.493 e. The van der Waals surface area contributed by atoms with E-state index in [0.717, 1.165) is 16.7 Å². The smallest absolute Gasteiger partial charge is 0.293 e. The Kier molecular flexibility index (Phi) is 7.08. The van der Waals surface area contributed by atoms with Crippen LogP contribution in [0.1, 0.15) is 22.8 Å². The molecule has 2 heterocycles. The molecule has 3 rings (SSSR count). The van der Waals surface area contributed by atoms with Crippen LogP contribution in [0.4, 0.5) is 4.79 Å². The van der Waals surface area contributed by atoms with Crippen molar-refractivity contribution in [2.75, 3.05) is 26.8 Å². The number of benzene rings is 1. The normalized spacial score (nSPS) is 14.9. The number of hydrogen-bond acceptors (Lipinski definition) is 7. The molecule has 1 N–H and O–H groups in total. The zero-order valence-electron chi connectivity index (χ0n) is 16.6. The van der Waals surface area contributed by atoms with Gasteiger partial charge in [0.05, 0.1) is 18.6 Å². The summed E-state index contributed by atoms with van der Waals surface area (Å²) in [5, 5.41) is 2.32. The second-order valence-electron chi connectivity index (χ2n) is 6.17. The Hall–Kier alpha value is -3.33. The van der Waals surface area contributed by atoms with Crippen LogP contribution in [0.2, 0.25) is 0 Å². The zero-order valence-corrected chi connectivity index (χ0v) is 17.4. The number of ether oxygens (including phenoxy) is 2. The lowest BCUT2D eigenvalue weighted by atomic mass is 10.2. The molecule has 0 spiro atoms. The van der Waals surface area contributed by atoms with E-state index >= 15 is 0 Å². The summed E-state index contributed by atoms with van der Waals surface area (Å²) in [7, 11) is 1.54. The summed E-state index contributed by atoms with van der Waals surface area (Å²) in [6.45, 7) is 2.63. The van der Waals surface area contributed by atoms with E-state index in [1.807, 2.05) is 6.92 Å². The Balaban J connectivity index is 1.63. The van der Waals surface area contributed by atoms with Crippen LogP contribution < -0.4 is 14.8 Å². The van der Waals surface area contributed by atoms with Gasteiger partial charge >= 0.3 is 0 Å². The number of amides is 3. The third-order valence-electron chi connectivity index (χ3n) is 4.22. The fraction of sp³-hybridized carbons (Fsp3) is 0.238. The summed E-state index contributed by atoms with van der Waals surface area (Å²) in [6.07, 6.45) is 4.68. The van der Waals surface area contributed by atoms with E-state index in [9.17, 15) is 14.4 Å². The summed E-state index contributed by atoms with van der Waals surface area (Å²) in [6, 6.07) is 8.46. The number of carbonyl (C=O) groups excluding carboxylic acids is 3. The first kappa shape index (κ1) is 21.4. The lowest BCUT2D eigenvalue weighted by Gasteiger charge is -2.13. The molecule has 30 heavy (non-hydrogen) atoms. The molecule has 1 aliphatic heterocycles. The second-order valence-corrected chi connectivity index (χ2v) is 7.16. The van der Waals surface area contributed by atoms with Crippen LogP contribution in [0.25, 0.3) is 6.08 Å². The van der Waals surface area contributed by atoms with Crippen LogP contribution in [0, 0.1) is 0 Å². The number of carbonyl (C=O) groups is 3.